The summed E-state index contributed by atoms with van der Waals surface area (Å²) in [7, 11) is 1.35. The number of primary amides is 1. The molecule has 7 heteroatoms. The number of carbonyl (C=O) groups excluding carboxylic acids is 1. The fraction of sp³-hybridized carbons (Fsp3) is 0.0714. The number of methoxy groups -OCH3 is 1. The largest absolute Gasteiger partial charge is 0.494 e. The van der Waals surface area contributed by atoms with Gasteiger partial charge in [-0.15, -0.1) is 0 Å². The van der Waals surface area contributed by atoms with Crippen molar-refractivity contribution in [3.05, 3.63) is 51.8 Å². The second-order valence-corrected chi connectivity index (χ2v) is 4.84. The van der Waals surface area contributed by atoms with Crippen molar-refractivity contribution in [2.45, 2.75) is 0 Å². The summed E-state index contributed by atoms with van der Waals surface area (Å²) in [4.78, 5) is 11.4. The van der Waals surface area contributed by atoms with Gasteiger partial charge in [0.2, 0.25) is 0 Å². The van der Waals surface area contributed by atoms with Crippen LogP contribution in [0.2, 0.25) is 10.0 Å². The molecule has 0 atom stereocenters. The van der Waals surface area contributed by atoms with Crippen LogP contribution in [0, 0.1) is 5.82 Å². The number of amides is 1. The number of benzene rings is 2. The molecular formula is C14H10Cl2FNO3. The summed E-state index contributed by atoms with van der Waals surface area (Å²) in [5.41, 5.74) is 5.29. The Morgan fingerprint density at radius 1 is 1.14 bits per heavy atom. The number of nitrogens with two attached hydrogens (primary N) is 1. The molecule has 2 aromatic rings. The molecule has 2 rings (SSSR count). The molecule has 2 N–H and O–H groups in total. The highest BCUT2D eigenvalue weighted by molar-refractivity contribution is 6.42. The predicted molar refractivity (Wildman–Crippen MR) is 78.0 cm³/mol. The van der Waals surface area contributed by atoms with Gasteiger partial charge in [0.25, 0.3) is 5.91 Å². The van der Waals surface area contributed by atoms with Crippen LogP contribution in [0.15, 0.2) is 30.3 Å². The zero-order chi connectivity index (χ0) is 15.6. The molecule has 0 spiro atoms. The lowest BCUT2D eigenvalue weighted by Gasteiger charge is -2.11. The number of rotatable bonds is 4. The Bertz CT molecular complexity index is 707. The van der Waals surface area contributed by atoms with Crippen LogP contribution in [0.4, 0.5) is 4.39 Å². The fourth-order valence-electron chi connectivity index (χ4n) is 1.64. The summed E-state index contributed by atoms with van der Waals surface area (Å²) in [6.45, 7) is 0. The third kappa shape index (κ3) is 3.37. The molecule has 2 aromatic carbocycles. The van der Waals surface area contributed by atoms with Crippen LogP contribution in [0.3, 0.4) is 0 Å². The average Bonchev–Trinajstić information content (AvgIpc) is 2.42. The van der Waals surface area contributed by atoms with Crippen molar-refractivity contribution in [3.63, 3.8) is 0 Å². The van der Waals surface area contributed by atoms with Crippen LogP contribution in [-0.4, -0.2) is 13.0 Å². The Kier molecular flexibility index (Phi) is 4.55. The molecule has 0 aliphatic heterocycles. The number of halogens is 3. The Morgan fingerprint density at radius 3 is 2.38 bits per heavy atom. The second-order valence-electron chi connectivity index (χ2n) is 4.03. The molecule has 21 heavy (non-hydrogen) atoms. The summed E-state index contributed by atoms with van der Waals surface area (Å²) >= 11 is 11.7. The van der Waals surface area contributed by atoms with E-state index in [0.717, 1.165) is 6.07 Å². The molecule has 0 saturated carbocycles. The third-order valence-corrected chi connectivity index (χ3v) is 3.36. The minimum absolute atomic E-state index is 0.0422. The number of carbonyl (C=O) groups is 1. The maximum absolute atomic E-state index is 13.6. The number of hydrogen-bond donors (Lipinski definition) is 1. The molecule has 0 fully saturated rings. The molecule has 0 bridgehead atoms. The molecule has 0 unspecified atom stereocenters. The van der Waals surface area contributed by atoms with Crippen LogP contribution in [0.1, 0.15) is 10.4 Å². The molecule has 0 aromatic heterocycles. The van der Waals surface area contributed by atoms with Gasteiger partial charge >= 0.3 is 0 Å². The minimum Gasteiger partial charge on any atom is -0.494 e. The Labute approximate surface area is 130 Å². The minimum atomic E-state index is -0.738. The van der Waals surface area contributed by atoms with E-state index < -0.39 is 11.7 Å². The van der Waals surface area contributed by atoms with E-state index in [2.05, 4.69) is 0 Å². The van der Waals surface area contributed by atoms with Crippen LogP contribution in [0.25, 0.3) is 0 Å². The van der Waals surface area contributed by atoms with Gasteiger partial charge in [-0.25, -0.2) is 4.39 Å². The zero-order valence-corrected chi connectivity index (χ0v) is 12.3. The molecular weight excluding hydrogens is 320 g/mol. The van der Waals surface area contributed by atoms with Crippen molar-refractivity contribution >= 4 is 29.1 Å². The summed E-state index contributed by atoms with van der Waals surface area (Å²) < 4.78 is 23.9. The number of ether oxygens (including phenoxy) is 2. The summed E-state index contributed by atoms with van der Waals surface area (Å²) in [5, 5.41) is 0.351. The fourth-order valence-corrected chi connectivity index (χ4v) is 1.96. The van der Waals surface area contributed by atoms with E-state index in [0.29, 0.717) is 0 Å². The highest BCUT2D eigenvalue weighted by Gasteiger charge is 2.15. The van der Waals surface area contributed by atoms with Gasteiger partial charge in [-0.1, -0.05) is 23.2 Å². The lowest BCUT2D eigenvalue weighted by atomic mass is 10.2. The van der Waals surface area contributed by atoms with Gasteiger partial charge in [0.05, 0.1) is 22.7 Å². The molecule has 0 heterocycles. The van der Waals surface area contributed by atoms with Crippen molar-refractivity contribution in [1.29, 1.82) is 0 Å². The molecule has 110 valence electrons. The van der Waals surface area contributed by atoms with Gasteiger partial charge in [0, 0.05) is 12.1 Å². The normalized spacial score (nSPS) is 10.3. The van der Waals surface area contributed by atoms with Gasteiger partial charge < -0.3 is 15.2 Å². The van der Waals surface area contributed by atoms with Gasteiger partial charge in [0.1, 0.15) is 11.5 Å². The van der Waals surface area contributed by atoms with Crippen molar-refractivity contribution in [2.24, 2.45) is 5.73 Å². The SMILES string of the molecule is COc1ccc(Oc2cc(Cl)c(Cl)cc2C(N)=O)cc1F. The Balaban J connectivity index is 2.41. The van der Waals surface area contributed by atoms with Crippen molar-refractivity contribution < 1.29 is 18.7 Å². The van der Waals surface area contributed by atoms with Crippen LogP contribution >= 0.6 is 23.2 Å². The lowest BCUT2D eigenvalue weighted by molar-refractivity contribution is 0.0998. The quantitative estimate of drug-likeness (QED) is 0.920. The molecule has 4 nitrogen and oxygen atoms in total. The lowest BCUT2D eigenvalue weighted by Crippen LogP contribution is -2.12. The van der Waals surface area contributed by atoms with E-state index in [1.165, 1.54) is 31.4 Å². The van der Waals surface area contributed by atoms with Crippen LogP contribution in [-0.2, 0) is 0 Å². The van der Waals surface area contributed by atoms with Crippen molar-refractivity contribution in [1.82, 2.24) is 0 Å². The van der Waals surface area contributed by atoms with E-state index in [1.807, 2.05) is 0 Å². The average molecular weight is 330 g/mol. The maximum atomic E-state index is 13.6. The van der Waals surface area contributed by atoms with Gasteiger partial charge in [0.15, 0.2) is 11.6 Å². The van der Waals surface area contributed by atoms with E-state index in [4.69, 9.17) is 38.4 Å². The monoisotopic (exact) mass is 329 g/mol. The first-order valence-corrected chi connectivity index (χ1v) is 6.48. The standard InChI is InChI=1S/C14H10Cl2FNO3/c1-20-12-3-2-7(4-11(12)17)21-13-6-10(16)9(15)5-8(13)14(18)19/h2-6H,1H3,(H2,18,19). The maximum Gasteiger partial charge on any atom is 0.252 e. The van der Waals surface area contributed by atoms with Gasteiger partial charge in [-0.05, 0) is 18.2 Å². The summed E-state index contributed by atoms with van der Waals surface area (Å²) in [5.74, 6) is -1.02. The third-order valence-electron chi connectivity index (χ3n) is 2.64. The van der Waals surface area contributed by atoms with E-state index in [-0.39, 0.29) is 32.9 Å². The second kappa shape index (κ2) is 6.20. The molecule has 1 amide bonds. The first-order valence-electron chi connectivity index (χ1n) is 5.72. The highest BCUT2D eigenvalue weighted by Crippen LogP contribution is 2.34. The Morgan fingerprint density at radius 2 is 1.81 bits per heavy atom. The van der Waals surface area contributed by atoms with Crippen molar-refractivity contribution in [3.8, 4) is 17.2 Å². The van der Waals surface area contributed by atoms with E-state index in [9.17, 15) is 9.18 Å². The first-order chi connectivity index (χ1) is 9.92. The molecule has 0 radical (unpaired) electrons. The first kappa shape index (κ1) is 15.4. The van der Waals surface area contributed by atoms with E-state index in [1.54, 1.807) is 0 Å². The summed E-state index contributed by atoms with van der Waals surface area (Å²) in [6.07, 6.45) is 0. The van der Waals surface area contributed by atoms with Gasteiger partial charge in [-0.3, -0.25) is 4.79 Å². The zero-order valence-electron chi connectivity index (χ0n) is 10.8. The topological polar surface area (TPSA) is 61.6 Å². The van der Waals surface area contributed by atoms with Crippen LogP contribution < -0.4 is 15.2 Å². The Hall–Kier alpha value is -1.98. The smallest absolute Gasteiger partial charge is 0.252 e. The molecule has 0 aliphatic rings. The van der Waals surface area contributed by atoms with Gasteiger partial charge in [-0.2, -0.15) is 0 Å². The predicted octanol–water partition coefficient (Wildman–Crippen LogP) is 4.03. The van der Waals surface area contributed by atoms with Crippen LogP contribution in [0.5, 0.6) is 17.2 Å². The van der Waals surface area contributed by atoms with Crippen molar-refractivity contribution in [2.75, 3.05) is 7.11 Å². The number of hydrogen-bond acceptors (Lipinski definition) is 3. The van der Waals surface area contributed by atoms with E-state index >= 15 is 0 Å². The highest BCUT2D eigenvalue weighted by atomic mass is 35.5. The molecule has 0 aliphatic carbocycles. The summed E-state index contributed by atoms with van der Waals surface area (Å²) in [6, 6.07) is 6.63. The molecule has 0 saturated heterocycles.